The standard InChI is InChI=1S/C26H21F2N5O2/c27-17-9-7-16(8-10-17)22-14-23(32-31-22)25-20(4-2-5-21(25)28)26(35)30-18(15-34)13-19-3-1-6-24-29-11-12-33(19)24/h1-12,14,18,34H,13,15H2,(H,30,35)(H,31,32)/t18-/m1/s1. The Labute approximate surface area is 199 Å². The second-order valence-electron chi connectivity index (χ2n) is 8.07. The number of aromatic nitrogens is 4. The molecule has 7 nitrogen and oxygen atoms in total. The fraction of sp³-hybridized carbons (Fsp3) is 0.115. The number of H-pyrrole nitrogens is 1. The van der Waals surface area contributed by atoms with Crippen LogP contribution in [0.1, 0.15) is 16.1 Å². The van der Waals surface area contributed by atoms with Crippen molar-refractivity contribution in [2.45, 2.75) is 12.5 Å². The van der Waals surface area contributed by atoms with Crippen molar-refractivity contribution < 1.29 is 18.7 Å². The first-order valence-electron chi connectivity index (χ1n) is 11.0. The molecule has 5 aromatic rings. The number of aromatic amines is 1. The van der Waals surface area contributed by atoms with Crippen LogP contribution in [-0.2, 0) is 6.42 Å². The maximum atomic E-state index is 14.9. The van der Waals surface area contributed by atoms with E-state index in [4.69, 9.17) is 0 Å². The third-order valence-corrected chi connectivity index (χ3v) is 5.77. The van der Waals surface area contributed by atoms with Crippen LogP contribution >= 0.6 is 0 Å². The summed E-state index contributed by atoms with van der Waals surface area (Å²) in [6.45, 7) is -0.307. The molecule has 0 spiro atoms. The monoisotopic (exact) mass is 473 g/mol. The molecule has 3 N–H and O–H groups in total. The Hall–Kier alpha value is -4.37. The van der Waals surface area contributed by atoms with Crippen LogP contribution in [0.3, 0.4) is 0 Å². The minimum atomic E-state index is -0.612. The van der Waals surface area contributed by atoms with Gasteiger partial charge < -0.3 is 14.8 Å². The molecule has 1 amide bonds. The Morgan fingerprint density at radius 3 is 2.69 bits per heavy atom. The van der Waals surface area contributed by atoms with E-state index in [-0.39, 0.29) is 29.2 Å². The normalized spacial score (nSPS) is 12.1. The van der Waals surface area contributed by atoms with Crippen molar-refractivity contribution in [3.63, 3.8) is 0 Å². The number of hydrogen-bond acceptors (Lipinski definition) is 4. The summed E-state index contributed by atoms with van der Waals surface area (Å²) >= 11 is 0. The second kappa shape index (κ2) is 9.47. The maximum Gasteiger partial charge on any atom is 0.252 e. The van der Waals surface area contributed by atoms with E-state index in [1.807, 2.05) is 28.8 Å². The van der Waals surface area contributed by atoms with Crippen LogP contribution < -0.4 is 5.32 Å². The van der Waals surface area contributed by atoms with Gasteiger partial charge in [0.2, 0.25) is 0 Å². The van der Waals surface area contributed by atoms with E-state index < -0.39 is 17.8 Å². The van der Waals surface area contributed by atoms with Gasteiger partial charge in [-0.05, 0) is 60.2 Å². The lowest BCUT2D eigenvalue weighted by molar-refractivity contribution is 0.0916. The highest BCUT2D eigenvalue weighted by Crippen LogP contribution is 2.29. The summed E-state index contributed by atoms with van der Waals surface area (Å²) in [6, 6.07) is 16.6. The molecule has 0 aliphatic rings. The highest BCUT2D eigenvalue weighted by atomic mass is 19.1. The van der Waals surface area contributed by atoms with Gasteiger partial charge in [-0.25, -0.2) is 13.8 Å². The van der Waals surface area contributed by atoms with Gasteiger partial charge in [0, 0.05) is 24.5 Å². The molecule has 176 valence electrons. The number of rotatable bonds is 7. The van der Waals surface area contributed by atoms with Crippen molar-refractivity contribution in [2.24, 2.45) is 0 Å². The van der Waals surface area contributed by atoms with E-state index in [0.717, 1.165) is 11.3 Å². The van der Waals surface area contributed by atoms with Crippen molar-refractivity contribution in [3.8, 4) is 22.5 Å². The van der Waals surface area contributed by atoms with Gasteiger partial charge in [-0.15, -0.1) is 0 Å². The zero-order chi connectivity index (χ0) is 24.4. The number of imidazole rings is 1. The smallest absolute Gasteiger partial charge is 0.252 e. The molecule has 0 saturated heterocycles. The molecule has 0 saturated carbocycles. The van der Waals surface area contributed by atoms with Gasteiger partial charge in [0.25, 0.3) is 5.91 Å². The number of benzene rings is 2. The highest BCUT2D eigenvalue weighted by molar-refractivity contribution is 6.01. The largest absolute Gasteiger partial charge is 0.394 e. The molecule has 0 aliphatic heterocycles. The number of aliphatic hydroxyl groups excluding tert-OH is 1. The number of nitrogens with one attached hydrogen (secondary N) is 2. The van der Waals surface area contributed by atoms with E-state index in [9.17, 15) is 18.7 Å². The van der Waals surface area contributed by atoms with Gasteiger partial charge in [-0.2, -0.15) is 5.10 Å². The first kappa shape index (κ1) is 22.4. The third kappa shape index (κ3) is 4.53. The molecule has 3 aromatic heterocycles. The topological polar surface area (TPSA) is 95.3 Å². The van der Waals surface area contributed by atoms with Crippen molar-refractivity contribution in [2.75, 3.05) is 6.61 Å². The van der Waals surface area contributed by atoms with E-state index >= 15 is 0 Å². The molecule has 3 heterocycles. The molecule has 5 rings (SSSR count). The Morgan fingerprint density at radius 1 is 1.09 bits per heavy atom. The summed E-state index contributed by atoms with van der Waals surface area (Å²) in [6.07, 6.45) is 3.83. The molecule has 0 radical (unpaired) electrons. The van der Waals surface area contributed by atoms with Gasteiger partial charge in [0.15, 0.2) is 0 Å². The van der Waals surface area contributed by atoms with Crippen molar-refractivity contribution >= 4 is 11.6 Å². The Balaban J connectivity index is 1.41. The van der Waals surface area contributed by atoms with Crippen LogP contribution in [0.5, 0.6) is 0 Å². The predicted molar refractivity (Wildman–Crippen MR) is 127 cm³/mol. The number of amides is 1. The molecule has 0 bridgehead atoms. The van der Waals surface area contributed by atoms with Gasteiger partial charge in [0.1, 0.15) is 17.3 Å². The van der Waals surface area contributed by atoms with Gasteiger partial charge in [-0.3, -0.25) is 9.89 Å². The minimum absolute atomic E-state index is 0.0306. The van der Waals surface area contributed by atoms with E-state index in [0.29, 0.717) is 17.7 Å². The number of nitrogens with zero attached hydrogens (tertiary/aromatic N) is 3. The van der Waals surface area contributed by atoms with Gasteiger partial charge in [-0.1, -0.05) is 12.1 Å². The maximum absolute atomic E-state index is 14.9. The van der Waals surface area contributed by atoms with Gasteiger partial charge >= 0.3 is 0 Å². The van der Waals surface area contributed by atoms with Crippen LogP contribution in [0.4, 0.5) is 8.78 Å². The Kier molecular flexibility index (Phi) is 6.07. The van der Waals surface area contributed by atoms with E-state index in [1.165, 1.54) is 30.3 Å². The first-order valence-corrected chi connectivity index (χ1v) is 11.0. The summed E-state index contributed by atoms with van der Waals surface area (Å²) in [5.41, 5.74) is 3.18. The number of aliphatic hydroxyl groups is 1. The number of hydrogen-bond donors (Lipinski definition) is 3. The molecular formula is C26H21F2N5O2. The van der Waals surface area contributed by atoms with Crippen molar-refractivity contribution in [1.82, 2.24) is 24.9 Å². The predicted octanol–water partition coefficient (Wildman–Crippen LogP) is 4.00. The molecule has 0 aliphatic carbocycles. The van der Waals surface area contributed by atoms with Crippen molar-refractivity contribution in [3.05, 3.63) is 102 Å². The lowest BCUT2D eigenvalue weighted by Crippen LogP contribution is -2.39. The molecular weight excluding hydrogens is 452 g/mol. The molecule has 9 heteroatoms. The van der Waals surface area contributed by atoms with Crippen LogP contribution in [0.25, 0.3) is 28.2 Å². The average molecular weight is 473 g/mol. The quantitative estimate of drug-likeness (QED) is 0.333. The van der Waals surface area contributed by atoms with E-state index in [1.54, 1.807) is 24.4 Å². The lowest BCUT2D eigenvalue weighted by Gasteiger charge is -2.18. The SMILES string of the molecule is O=C(N[C@@H](CO)Cc1cccc2nccn12)c1cccc(F)c1-c1cc(-c2ccc(F)cc2)[nH]n1. The molecule has 0 fully saturated rings. The zero-order valence-electron chi connectivity index (χ0n) is 18.5. The number of carbonyl (C=O) groups is 1. The zero-order valence-corrected chi connectivity index (χ0v) is 18.5. The fourth-order valence-electron chi connectivity index (χ4n) is 4.05. The first-order chi connectivity index (χ1) is 17.0. The number of halogens is 2. The summed E-state index contributed by atoms with van der Waals surface area (Å²) in [7, 11) is 0. The number of carbonyl (C=O) groups excluding carboxylic acids is 1. The summed E-state index contributed by atoms with van der Waals surface area (Å²) in [5, 5.41) is 19.7. The molecule has 0 unspecified atom stereocenters. The molecule has 2 aromatic carbocycles. The number of fused-ring (bicyclic) bond motifs is 1. The summed E-state index contributed by atoms with van der Waals surface area (Å²) < 4.78 is 30.1. The van der Waals surface area contributed by atoms with Crippen LogP contribution in [0, 0.1) is 11.6 Å². The lowest BCUT2D eigenvalue weighted by atomic mass is 10.0. The average Bonchev–Trinajstić information content (AvgIpc) is 3.54. The van der Waals surface area contributed by atoms with Crippen LogP contribution in [0.2, 0.25) is 0 Å². The minimum Gasteiger partial charge on any atom is -0.394 e. The third-order valence-electron chi connectivity index (χ3n) is 5.77. The van der Waals surface area contributed by atoms with Crippen LogP contribution in [-0.4, -0.2) is 43.2 Å². The van der Waals surface area contributed by atoms with Crippen molar-refractivity contribution in [1.29, 1.82) is 0 Å². The number of pyridine rings is 1. The van der Waals surface area contributed by atoms with Crippen LogP contribution in [0.15, 0.2) is 79.1 Å². The fourth-order valence-corrected chi connectivity index (χ4v) is 4.05. The summed E-state index contributed by atoms with van der Waals surface area (Å²) in [5.74, 6) is -1.52. The highest BCUT2D eigenvalue weighted by Gasteiger charge is 2.22. The van der Waals surface area contributed by atoms with Gasteiger partial charge in [0.05, 0.1) is 35.2 Å². The molecule has 35 heavy (non-hydrogen) atoms. The van der Waals surface area contributed by atoms with E-state index in [2.05, 4.69) is 20.5 Å². The Bertz CT molecular complexity index is 1490. The molecule has 1 atom stereocenters. The second-order valence-corrected chi connectivity index (χ2v) is 8.07. The Morgan fingerprint density at radius 2 is 1.89 bits per heavy atom. The summed E-state index contributed by atoms with van der Waals surface area (Å²) in [4.78, 5) is 17.4.